The molecule has 3 heteroatoms. The van der Waals surface area contributed by atoms with Gasteiger partial charge in [0.15, 0.2) is 0 Å². The Hall–Kier alpha value is -1.06. The third kappa shape index (κ3) is 3.01. The maximum absolute atomic E-state index is 5.17. The number of hydrogen-bond donors (Lipinski definition) is 1. The normalized spacial score (nSPS) is 23.0. The zero-order valence-electron chi connectivity index (χ0n) is 8.75. The number of rotatable bonds is 4. The fourth-order valence-electron chi connectivity index (χ4n) is 1.28. The maximum Gasteiger partial charge on any atom is 0.118 e. The molecule has 1 aliphatic rings. The van der Waals surface area contributed by atoms with E-state index in [0.717, 1.165) is 24.4 Å². The zero-order valence-corrected chi connectivity index (χ0v) is 8.75. The van der Waals surface area contributed by atoms with Gasteiger partial charge in [-0.3, -0.25) is 0 Å². The standard InChI is InChI=1S/C11H17NO2/c1-4-5-10(13-3)8-9(2)11-6-7-14-12-11/h4-5,8,11-12H,2,6-7H2,1,3H3/b5-4-,10-8+/t11-/m1/s1. The molecule has 0 aliphatic carbocycles. The first-order valence-corrected chi connectivity index (χ1v) is 4.72. The second-order valence-corrected chi connectivity index (χ2v) is 3.13. The highest BCUT2D eigenvalue weighted by Gasteiger charge is 2.16. The maximum atomic E-state index is 5.17. The summed E-state index contributed by atoms with van der Waals surface area (Å²) < 4.78 is 5.17. The van der Waals surface area contributed by atoms with Crippen molar-refractivity contribution in [3.8, 4) is 0 Å². The van der Waals surface area contributed by atoms with Gasteiger partial charge in [0.05, 0.1) is 19.8 Å². The number of methoxy groups -OCH3 is 1. The second kappa shape index (κ2) is 5.62. The highest BCUT2D eigenvalue weighted by Crippen LogP contribution is 2.13. The van der Waals surface area contributed by atoms with Crippen LogP contribution in [0.1, 0.15) is 13.3 Å². The second-order valence-electron chi connectivity index (χ2n) is 3.13. The quantitative estimate of drug-likeness (QED) is 0.549. The third-order valence-corrected chi connectivity index (χ3v) is 2.08. The lowest BCUT2D eigenvalue weighted by Crippen LogP contribution is -2.21. The fraction of sp³-hybridized carbons (Fsp3) is 0.455. The van der Waals surface area contributed by atoms with Crippen LogP contribution in [0.2, 0.25) is 0 Å². The Balaban J connectivity index is 2.58. The van der Waals surface area contributed by atoms with E-state index in [9.17, 15) is 0 Å². The van der Waals surface area contributed by atoms with E-state index in [1.165, 1.54) is 0 Å². The van der Waals surface area contributed by atoms with E-state index in [1.807, 2.05) is 25.2 Å². The summed E-state index contributed by atoms with van der Waals surface area (Å²) in [5.74, 6) is 0.811. The van der Waals surface area contributed by atoms with Gasteiger partial charge in [-0.2, -0.15) is 5.48 Å². The third-order valence-electron chi connectivity index (χ3n) is 2.08. The minimum absolute atomic E-state index is 0.213. The molecule has 78 valence electrons. The van der Waals surface area contributed by atoms with E-state index in [2.05, 4.69) is 12.1 Å². The van der Waals surface area contributed by atoms with Crippen LogP contribution in [0.25, 0.3) is 0 Å². The van der Waals surface area contributed by atoms with Crippen LogP contribution in [0.3, 0.4) is 0 Å². The lowest BCUT2D eigenvalue weighted by molar-refractivity contribution is 0.0934. The Labute approximate surface area is 85.0 Å². The van der Waals surface area contributed by atoms with Crippen molar-refractivity contribution in [2.24, 2.45) is 0 Å². The van der Waals surface area contributed by atoms with Gasteiger partial charge in [0.1, 0.15) is 5.76 Å². The molecular weight excluding hydrogens is 178 g/mol. The average molecular weight is 195 g/mol. The summed E-state index contributed by atoms with van der Waals surface area (Å²) in [6.07, 6.45) is 6.72. The van der Waals surface area contributed by atoms with Gasteiger partial charge in [-0.15, -0.1) is 0 Å². The van der Waals surface area contributed by atoms with Gasteiger partial charge >= 0.3 is 0 Å². The van der Waals surface area contributed by atoms with Gasteiger partial charge in [0.25, 0.3) is 0 Å². The van der Waals surface area contributed by atoms with Crippen molar-refractivity contribution in [3.63, 3.8) is 0 Å². The van der Waals surface area contributed by atoms with Crippen LogP contribution in [0.4, 0.5) is 0 Å². The van der Waals surface area contributed by atoms with Crippen LogP contribution in [0.15, 0.2) is 36.1 Å². The van der Waals surface area contributed by atoms with Crippen LogP contribution < -0.4 is 5.48 Å². The van der Waals surface area contributed by atoms with Crippen molar-refractivity contribution < 1.29 is 9.57 Å². The van der Waals surface area contributed by atoms with Crippen molar-refractivity contribution in [1.82, 2.24) is 5.48 Å². The minimum Gasteiger partial charge on any atom is -0.497 e. The molecule has 1 fully saturated rings. The van der Waals surface area contributed by atoms with Crippen molar-refractivity contribution >= 4 is 0 Å². The molecule has 1 aliphatic heterocycles. The van der Waals surface area contributed by atoms with Crippen LogP contribution in [-0.2, 0) is 9.57 Å². The van der Waals surface area contributed by atoms with Gasteiger partial charge in [-0.1, -0.05) is 12.7 Å². The van der Waals surface area contributed by atoms with Gasteiger partial charge in [-0.05, 0) is 31.1 Å². The van der Waals surface area contributed by atoms with Crippen LogP contribution in [-0.4, -0.2) is 19.8 Å². The predicted octanol–water partition coefficient (Wildman–Crippen LogP) is 1.94. The molecule has 14 heavy (non-hydrogen) atoms. The molecular formula is C11H17NO2. The minimum atomic E-state index is 0.213. The number of allylic oxidation sites excluding steroid dienone is 2. The van der Waals surface area contributed by atoms with Gasteiger partial charge < -0.3 is 9.57 Å². The molecule has 0 radical (unpaired) electrons. The zero-order chi connectivity index (χ0) is 10.4. The van der Waals surface area contributed by atoms with E-state index in [1.54, 1.807) is 7.11 Å². The first kappa shape index (κ1) is 11.0. The first-order valence-electron chi connectivity index (χ1n) is 4.72. The van der Waals surface area contributed by atoms with Crippen molar-refractivity contribution in [1.29, 1.82) is 0 Å². The molecule has 0 bridgehead atoms. The molecule has 0 aromatic heterocycles. The largest absolute Gasteiger partial charge is 0.497 e. The lowest BCUT2D eigenvalue weighted by atomic mass is 10.1. The smallest absolute Gasteiger partial charge is 0.118 e. The summed E-state index contributed by atoms with van der Waals surface area (Å²) in [5.41, 5.74) is 3.89. The summed E-state index contributed by atoms with van der Waals surface area (Å²) in [7, 11) is 1.65. The monoisotopic (exact) mass is 195 g/mol. The molecule has 0 unspecified atom stereocenters. The topological polar surface area (TPSA) is 30.5 Å². The lowest BCUT2D eigenvalue weighted by Gasteiger charge is -2.09. The predicted molar refractivity (Wildman–Crippen MR) is 56.5 cm³/mol. The molecule has 1 N–H and O–H groups in total. The molecule has 0 aromatic rings. The summed E-state index contributed by atoms with van der Waals surface area (Å²) in [4.78, 5) is 5.05. The van der Waals surface area contributed by atoms with Crippen molar-refractivity contribution in [2.75, 3.05) is 13.7 Å². The van der Waals surface area contributed by atoms with Gasteiger partial charge in [0, 0.05) is 0 Å². The van der Waals surface area contributed by atoms with E-state index < -0.39 is 0 Å². The average Bonchev–Trinajstić information content (AvgIpc) is 2.69. The number of hydrogen-bond acceptors (Lipinski definition) is 3. The molecule has 1 saturated heterocycles. The van der Waals surface area contributed by atoms with Crippen molar-refractivity contribution in [3.05, 3.63) is 36.1 Å². The van der Waals surface area contributed by atoms with Gasteiger partial charge in [0.2, 0.25) is 0 Å². The van der Waals surface area contributed by atoms with Crippen molar-refractivity contribution in [2.45, 2.75) is 19.4 Å². The summed E-state index contributed by atoms with van der Waals surface area (Å²) in [6, 6.07) is 0.213. The number of nitrogens with one attached hydrogen (secondary N) is 1. The molecule has 0 aromatic carbocycles. The Kier molecular flexibility index (Phi) is 4.43. The Morgan fingerprint density at radius 2 is 2.43 bits per heavy atom. The number of hydroxylamine groups is 1. The van der Waals surface area contributed by atoms with E-state index >= 15 is 0 Å². The molecule has 0 saturated carbocycles. The molecule has 1 rings (SSSR count). The molecule has 0 spiro atoms. The number of ether oxygens (including phenoxy) is 1. The highest BCUT2D eigenvalue weighted by atomic mass is 16.7. The van der Waals surface area contributed by atoms with Crippen LogP contribution in [0.5, 0.6) is 0 Å². The highest BCUT2D eigenvalue weighted by molar-refractivity contribution is 5.28. The van der Waals surface area contributed by atoms with E-state index in [0.29, 0.717) is 0 Å². The Bertz CT molecular complexity index is 250. The van der Waals surface area contributed by atoms with Crippen LogP contribution in [0, 0.1) is 0 Å². The molecule has 1 heterocycles. The summed E-state index contributed by atoms with van der Waals surface area (Å²) in [5, 5.41) is 0. The molecule has 3 nitrogen and oxygen atoms in total. The van der Waals surface area contributed by atoms with E-state index in [-0.39, 0.29) is 6.04 Å². The Morgan fingerprint density at radius 1 is 1.64 bits per heavy atom. The fourth-order valence-corrected chi connectivity index (χ4v) is 1.28. The Morgan fingerprint density at radius 3 is 2.93 bits per heavy atom. The van der Waals surface area contributed by atoms with E-state index in [4.69, 9.17) is 9.57 Å². The molecule has 0 amide bonds. The summed E-state index contributed by atoms with van der Waals surface area (Å²) in [6.45, 7) is 6.66. The summed E-state index contributed by atoms with van der Waals surface area (Å²) >= 11 is 0. The SMILES string of the molecule is C=C(/C=C(\C=C/C)OC)[C@H]1CCON1. The first-order chi connectivity index (χ1) is 6.77. The molecule has 1 atom stereocenters. The van der Waals surface area contributed by atoms with Crippen LogP contribution >= 0.6 is 0 Å². The van der Waals surface area contributed by atoms with Gasteiger partial charge in [-0.25, -0.2) is 0 Å².